The number of aromatic nitrogens is 5. The zero-order valence-electron chi connectivity index (χ0n) is 15.0. The number of pyridine rings is 1. The van der Waals surface area contributed by atoms with Crippen LogP contribution in [0.25, 0.3) is 17.0 Å². The van der Waals surface area contributed by atoms with Gasteiger partial charge in [0.25, 0.3) is 0 Å². The Morgan fingerprint density at radius 3 is 2.85 bits per heavy atom. The summed E-state index contributed by atoms with van der Waals surface area (Å²) >= 11 is 7.79. The molecule has 0 N–H and O–H groups in total. The Hall–Kier alpha value is -2.51. The first-order valence-electron chi connectivity index (χ1n) is 8.52. The summed E-state index contributed by atoms with van der Waals surface area (Å²) in [6, 6.07) is 11.5. The summed E-state index contributed by atoms with van der Waals surface area (Å²) in [5.74, 6) is 2.18. The van der Waals surface area contributed by atoms with Crippen LogP contribution in [0, 0.1) is 0 Å². The van der Waals surface area contributed by atoms with Crippen LogP contribution in [0.1, 0.15) is 12.6 Å². The highest BCUT2D eigenvalue weighted by Gasteiger charge is 2.17. The van der Waals surface area contributed by atoms with Crippen molar-refractivity contribution in [3.63, 3.8) is 0 Å². The molecule has 3 aromatic heterocycles. The molecular formula is C19H18ClN5OS. The van der Waals surface area contributed by atoms with Gasteiger partial charge >= 0.3 is 0 Å². The van der Waals surface area contributed by atoms with E-state index in [0.29, 0.717) is 10.8 Å². The standard InChI is InChI=1S/C19H18ClN5OS/c1-3-25-18(15-10-13(20)7-8-16(15)26-2)22-23-19(25)27-12-14-11-24-9-5-4-6-17(24)21-14/h4-11H,3,12H2,1-2H3. The van der Waals surface area contributed by atoms with Crippen LogP contribution in [-0.4, -0.2) is 31.3 Å². The zero-order valence-corrected chi connectivity index (χ0v) is 16.5. The molecule has 27 heavy (non-hydrogen) atoms. The average Bonchev–Trinajstić information content (AvgIpc) is 3.29. The molecule has 1 aromatic carbocycles. The number of imidazole rings is 1. The summed E-state index contributed by atoms with van der Waals surface area (Å²) < 4.78 is 9.55. The van der Waals surface area contributed by atoms with Gasteiger partial charge in [-0.1, -0.05) is 29.4 Å². The predicted octanol–water partition coefficient (Wildman–Crippen LogP) is 4.57. The second-order valence-electron chi connectivity index (χ2n) is 5.88. The van der Waals surface area contributed by atoms with Crippen LogP contribution in [-0.2, 0) is 12.3 Å². The van der Waals surface area contributed by atoms with Crippen molar-refractivity contribution in [3.05, 3.63) is 59.5 Å². The minimum Gasteiger partial charge on any atom is -0.496 e. The van der Waals surface area contributed by atoms with Crippen molar-refractivity contribution in [2.24, 2.45) is 0 Å². The molecule has 0 unspecified atom stereocenters. The maximum absolute atomic E-state index is 6.18. The van der Waals surface area contributed by atoms with Crippen LogP contribution >= 0.6 is 23.4 Å². The number of hydrogen-bond acceptors (Lipinski definition) is 5. The molecule has 0 saturated carbocycles. The van der Waals surface area contributed by atoms with Crippen LogP contribution in [0.15, 0.2) is 53.9 Å². The molecule has 8 heteroatoms. The van der Waals surface area contributed by atoms with E-state index in [1.807, 2.05) is 47.1 Å². The number of halogens is 1. The molecule has 0 aliphatic rings. The van der Waals surface area contributed by atoms with Crippen LogP contribution in [0.4, 0.5) is 0 Å². The van der Waals surface area contributed by atoms with Gasteiger partial charge in [-0.25, -0.2) is 4.98 Å². The second kappa shape index (κ2) is 7.62. The van der Waals surface area contributed by atoms with E-state index in [9.17, 15) is 0 Å². The Balaban J connectivity index is 1.62. The van der Waals surface area contributed by atoms with Gasteiger partial charge in [0.1, 0.15) is 11.4 Å². The molecule has 138 valence electrons. The average molecular weight is 400 g/mol. The van der Waals surface area contributed by atoms with Gasteiger partial charge < -0.3 is 13.7 Å². The molecule has 6 nitrogen and oxygen atoms in total. The number of hydrogen-bond donors (Lipinski definition) is 0. The summed E-state index contributed by atoms with van der Waals surface area (Å²) in [6.45, 7) is 2.81. The fourth-order valence-electron chi connectivity index (χ4n) is 2.93. The second-order valence-corrected chi connectivity index (χ2v) is 7.26. The number of thioether (sulfide) groups is 1. The van der Waals surface area contributed by atoms with Gasteiger partial charge in [0.15, 0.2) is 11.0 Å². The SMILES string of the molecule is CCn1c(SCc2cn3ccccc3n2)nnc1-c1cc(Cl)ccc1OC. The van der Waals surface area contributed by atoms with Crippen molar-refractivity contribution >= 4 is 29.0 Å². The van der Waals surface area contributed by atoms with Gasteiger partial charge in [0.2, 0.25) is 0 Å². The van der Waals surface area contributed by atoms with Crippen molar-refractivity contribution in [2.75, 3.05) is 7.11 Å². The van der Waals surface area contributed by atoms with Crippen molar-refractivity contribution < 1.29 is 4.74 Å². The summed E-state index contributed by atoms with van der Waals surface area (Å²) in [4.78, 5) is 4.63. The maximum atomic E-state index is 6.18. The summed E-state index contributed by atoms with van der Waals surface area (Å²) in [6.07, 6.45) is 4.03. The van der Waals surface area contributed by atoms with E-state index in [0.717, 1.165) is 40.2 Å². The van der Waals surface area contributed by atoms with E-state index in [2.05, 4.69) is 26.7 Å². The van der Waals surface area contributed by atoms with E-state index in [-0.39, 0.29) is 0 Å². The fourth-order valence-corrected chi connectivity index (χ4v) is 3.99. The van der Waals surface area contributed by atoms with Crippen LogP contribution in [0.3, 0.4) is 0 Å². The lowest BCUT2D eigenvalue weighted by Gasteiger charge is -2.10. The minimum atomic E-state index is 0.635. The fraction of sp³-hybridized carbons (Fsp3) is 0.211. The molecule has 0 aliphatic heterocycles. The number of ether oxygens (including phenoxy) is 1. The summed E-state index contributed by atoms with van der Waals surface area (Å²) in [5.41, 5.74) is 2.77. The van der Waals surface area contributed by atoms with E-state index in [1.165, 1.54) is 0 Å². The van der Waals surface area contributed by atoms with Crippen LogP contribution < -0.4 is 4.74 Å². The highest BCUT2D eigenvalue weighted by molar-refractivity contribution is 7.98. The maximum Gasteiger partial charge on any atom is 0.191 e. The molecule has 0 radical (unpaired) electrons. The quantitative estimate of drug-likeness (QED) is 0.444. The lowest BCUT2D eigenvalue weighted by atomic mass is 10.2. The molecule has 0 amide bonds. The third-order valence-corrected chi connectivity index (χ3v) is 5.43. The third kappa shape index (κ3) is 3.52. The van der Waals surface area contributed by atoms with Gasteiger partial charge in [-0.15, -0.1) is 10.2 Å². The van der Waals surface area contributed by atoms with E-state index < -0.39 is 0 Å². The van der Waals surface area contributed by atoms with Gasteiger partial charge in [0.05, 0.1) is 18.4 Å². The Kier molecular flexibility index (Phi) is 5.05. The van der Waals surface area contributed by atoms with E-state index >= 15 is 0 Å². The number of fused-ring (bicyclic) bond motifs is 1. The van der Waals surface area contributed by atoms with Crippen LogP contribution in [0.2, 0.25) is 5.02 Å². The smallest absolute Gasteiger partial charge is 0.191 e. The number of methoxy groups -OCH3 is 1. The Bertz CT molecular complexity index is 1060. The Labute approximate surface area is 166 Å². The molecule has 4 rings (SSSR count). The molecule has 0 saturated heterocycles. The third-order valence-electron chi connectivity index (χ3n) is 4.20. The normalized spacial score (nSPS) is 11.2. The van der Waals surface area contributed by atoms with Crippen molar-refractivity contribution in [2.45, 2.75) is 24.4 Å². The molecular weight excluding hydrogens is 382 g/mol. The zero-order chi connectivity index (χ0) is 18.8. The molecule has 0 atom stereocenters. The van der Waals surface area contributed by atoms with Gasteiger partial charge in [-0.05, 0) is 37.3 Å². The van der Waals surface area contributed by atoms with Crippen LogP contribution in [0.5, 0.6) is 5.75 Å². The van der Waals surface area contributed by atoms with Gasteiger partial charge in [-0.2, -0.15) is 0 Å². The first kappa shape index (κ1) is 17.9. The molecule has 4 aromatic rings. The first-order chi connectivity index (χ1) is 13.2. The van der Waals surface area contributed by atoms with E-state index in [1.54, 1.807) is 24.9 Å². The monoisotopic (exact) mass is 399 g/mol. The summed E-state index contributed by atoms with van der Waals surface area (Å²) in [5, 5.41) is 10.2. The lowest BCUT2D eigenvalue weighted by molar-refractivity contribution is 0.416. The van der Waals surface area contributed by atoms with Gasteiger partial charge in [-0.3, -0.25) is 0 Å². The van der Waals surface area contributed by atoms with Crippen molar-refractivity contribution in [3.8, 4) is 17.1 Å². The summed E-state index contributed by atoms with van der Waals surface area (Å²) in [7, 11) is 1.64. The minimum absolute atomic E-state index is 0.635. The highest BCUT2D eigenvalue weighted by atomic mass is 35.5. The lowest BCUT2D eigenvalue weighted by Crippen LogP contribution is -2.01. The number of rotatable bonds is 6. The number of nitrogens with zero attached hydrogens (tertiary/aromatic N) is 5. The van der Waals surface area contributed by atoms with E-state index in [4.69, 9.17) is 16.3 Å². The Morgan fingerprint density at radius 2 is 2.07 bits per heavy atom. The van der Waals surface area contributed by atoms with Crippen molar-refractivity contribution in [1.29, 1.82) is 0 Å². The predicted molar refractivity (Wildman–Crippen MR) is 107 cm³/mol. The highest BCUT2D eigenvalue weighted by Crippen LogP contribution is 2.33. The molecule has 0 aliphatic carbocycles. The Morgan fingerprint density at radius 1 is 1.19 bits per heavy atom. The molecule has 0 spiro atoms. The topological polar surface area (TPSA) is 57.2 Å². The molecule has 0 bridgehead atoms. The first-order valence-corrected chi connectivity index (χ1v) is 9.88. The largest absolute Gasteiger partial charge is 0.496 e. The molecule has 3 heterocycles. The number of benzene rings is 1. The molecule has 0 fully saturated rings. The van der Waals surface area contributed by atoms with Crippen molar-refractivity contribution in [1.82, 2.24) is 24.1 Å². The van der Waals surface area contributed by atoms with Gasteiger partial charge in [0, 0.05) is 29.7 Å².